The molecule has 1 aromatic rings. The molecule has 1 atom stereocenters. The predicted octanol–water partition coefficient (Wildman–Crippen LogP) is 1.99. The average molecular weight is 300 g/mol. The molecule has 20 heavy (non-hydrogen) atoms. The van der Waals surface area contributed by atoms with E-state index in [0.29, 0.717) is 12.2 Å². The third-order valence-electron chi connectivity index (χ3n) is 3.27. The van der Waals surface area contributed by atoms with E-state index in [9.17, 15) is 17.6 Å². The zero-order valence-electron chi connectivity index (χ0n) is 11.0. The maximum Gasteiger partial charge on any atom is 0.163 e. The minimum Gasteiger partial charge on any atom is -0.377 e. The van der Waals surface area contributed by atoms with Crippen molar-refractivity contribution in [3.63, 3.8) is 0 Å². The second-order valence-electron chi connectivity index (χ2n) is 4.93. The van der Waals surface area contributed by atoms with Crippen LogP contribution in [0.25, 0.3) is 0 Å². The van der Waals surface area contributed by atoms with Crippen LogP contribution in [0.5, 0.6) is 0 Å². The lowest BCUT2D eigenvalue weighted by Crippen LogP contribution is -2.23. The molecular weight excluding hydrogens is 283 g/mol. The largest absolute Gasteiger partial charge is 0.377 e. The summed E-state index contributed by atoms with van der Waals surface area (Å²) in [6.45, 7) is 0.606. The molecule has 6 heteroatoms. The van der Waals surface area contributed by atoms with E-state index < -0.39 is 15.7 Å². The second kappa shape index (κ2) is 6.45. The number of rotatable bonds is 6. The van der Waals surface area contributed by atoms with Crippen LogP contribution >= 0.6 is 0 Å². The summed E-state index contributed by atoms with van der Waals surface area (Å²) < 4.78 is 41.8. The van der Waals surface area contributed by atoms with Crippen LogP contribution in [0, 0.1) is 5.82 Å². The third kappa shape index (κ3) is 4.38. The molecule has 0 spiro atoms. The molecule has 0 amide bonds. The van der Waals surface area contributed by atoms with Crippen molar-refractivity contribution in [2.24, 2.45) is 0 Å². The number of carbonyl (C=O) groups excluding carboxylic acids is 1. The van der Waals surface area contributed by atoms with Crippen LogP contribution in [0.1, 0.15) is 29.6 Å². The standard InChI is InChI=1S/C14H17FO4S/c15-12-5-3-11(4-6-12)14(16)7-9-20(17,18)10-13-2-1-8-19-13/h3-6,13H,1-2,7-10H2. The van der Waals surface area contributed by atoms with E-state index in [0.717, 1.165) is 12.8 Å². The highest BCUT2D eigenvalue weighted by Gasteiger charge is 2.24. The van der Waals surface area contributed by atoms with Gasteiger partial charge in [0, 0.05) is 18.6 Å². The number of Topliss-reactive ketones (excluding diaryl/α,β-unsaturated/α-hetero) is 1. The first kappa shape index (κ1) is 15.1. The molecule has 0 radical (unpaired) electrons. The van der Waals surface area contributed by atoms with Gasteiger partial charge in [-0.25, -0.2) is 12.8 Å². The summed E-state index contributed by atoms with van der Waals surface area (Å²) in [7, 11) is -3.30. The molecule has 0 N–H and O–H groups in total. The van der Waals surface area contributed by atoms with Gasteiger partial charge in [0.15, 0.2) is 15.6 Å². The van der Waals surface area contributed by atoms with Crippen LogP contribution in [0.15, 0.2) is 24.3 Å². The highest BCUT2D eigenvalue weighted by Crippen LogP contribution is 2.15. The molecule has 4 nitrogen and oxygen atoms in total. The Hall–Kier alpha value is -1.27. The van der Waals surface area contributed by atoms with Crippen LogP contribution in [-0.2, 0) is 14.6 Å². The zero-order chi connectivity index (χ0) is 14.6. The van der Waals surface area contributed by atoms with Crippen molar-refractivity contribution in [2.45, 2.75) is 25.4 Å². The third-order valence-corrected chi connectivity index (χ3v) is 4.98. The van der Waals surface area contributed by atoms with Crippen molar-refractivity contribution in [3.05, 3.63) is 35.6 Å². The molecule has 0 aliphatic carbocycles. The number of sulfone groups is 1. The molecule has 1 heterocycles. The molecule has 1 fully saturated rings. The summed E-state index contributed by atoms with van der Waals surface area (Å²) in [5.74, 6) is -0.930. The molecular formula is C14H17FO4S. The Balaban J connectivity index is 1.87. The van der Waals surface area contributed by atoms with E-state index in [-0.39, 0.29) is 29.8 Å². The number of hydrogen-bond acceptors (Lipinski definition) is 4. The first-order valence-electron chi connectivity index (χ1n) is 6.57. The molecule has 1 saturated heterocycles. The molecule has 1 aromatic carbocycles. The van der Waals surface area contributed by atoms with Gasteiger partial charge in [0.1, 0.15) is 5.82 Å². The maximum absolute atomic E-state index is 12.7. The van der Waals surface area contributed by atoms with E-state index in [1.54, 1.807) is 0 Å². The number of ketones is 1. The number of ether oxygens (including phenoxy) is 1. The van der Waals surface area contributed by atoms with Crippen molar-refractivity contribution >= 4 is 15.6 Å². The second-order valence-corrected chi connectivity index (χ2v) is 7.16. The number of carbonyl (C=O) groups is 1. The van der Waals surface area contributed by atoms with Gasteiger partial charge in [0.25, 0.3) is 0 Å². The fourth-order valence-electron chi connectivity index (χ4n) is 2.17. The Kier molecular flexibility index (Phi) is 4.88. The van der Waals surface area contributed by atoms with Gasteiger partial charge >= 0.3 is 0 Å². The van der Waals surface area contributed by atoms with Crippen LogP contribution in [0.3, 0.4) is 0 Å². The van der Waals surface area contributed by atoms with Crippen molar-refractivity contribution in [1.82, 2.24) is 0 Å². The van der Waals surface area contributed by atoms with E-state index >= 15 is 0 Å². The monoisotopic (exact) mass is 300 g/mol. The lowest BCUT2D eigenvalue weighted by Gasteiger charge is -2.09. The first-order chi connectivity index (χ1) is 9.46. The Morgan fingerprint density at radius 3 is 2.60 bits per heavy atom. The maximum atomic E-state index is 12.7. The van der Waals surface area contributed by atoms with Gasteiger partial charge in [-0.05, 0) is 37.1 Å². The van der Waals surface area contributed by atoms with Gasteiger partial charge in [-0.3, -0.25) is 4.79 Å². The summed E-state index contributed by atoms with van der Waals surface area (Å²) in [6, 6.07) is 5.11. The normalized spacial score (nSPS) is 19.1. The Morgan fingerprint density at radius 2 is 2.00 bits per heavy atom. The average Bonchev–Trinajstić information content (AvgIpc) is 2.89. The highest BCUT2D eigenvalue weighted by molar-refractivity contribution is 7.91. The SMILES string of the molecule is O=C(CCS(=O)(=O)CC1CCCO1)c1ccc(F)cc1. The lowest BCUT2D eigenvalue weighted by atomic mass is 10.1. The van der Waals surface area contributed by atoms with Crippen molar-refractivity contribution in [1.29, 1.82) is 0 Å². The number of halogens is 1. The summed E-state index contributed by atoms with van der Waals surface area (Å²) >= 11 is 0. The molecule has 1 aliphatic rings. The molecule has 0 aromatic heterocycles. The van der Waals surface area contributed by atoms with Crippen LogP contribution < -0.4 is 0 Å². The van der Waals surface area contributed by atoms with Gasteiger partial charge in [-0.2, -0.15) is 0 Å². The summed E-state index contributed by atoms with van der Waals surface area (Å²) in [5, 5.41) is 0. The Bertz CT molecular complexity index is 559. The van der Waals surface area contributed by atoms with Gasteiger partial charge in [0.2, 0.25) is 0 Å². The molecule has 1 aliphatic heterocycles. The minimum absolute atomic E-state index is 0.0241. The van der Waals surface area contributed by atoms with E-state index in [2.05, 4.69) is 0 Å². The number of hydrogen-bond donors (Lipinski definition) is 0. The molecule has 2 rings (SSSR count). The lowest BCUT2D eigenvalue weighted by molar-refractivity contribution is 0.0988. The van der Waals surface area contributed by atoms with E-state index in [1.807, 2.05) is 0 Å². The quantitative estimate of drug-likeness (QED) is 0.754. The topological polar surface area (TPSA) is 60.4 Å². The summed E-state index contributed by atoms with van der Waals surface area (Å²) in [6.07, 6.45) is 1.32. The molecule has 0 saturated carbocycles. The smallest absolute Gasteiger partial charge is 0.163 e. The minimum atomic E-state index is -3.30. The molecule has 0 bridgehead atoms. The molecule has 110 valence electrons. The van der Waals surface area contributed by atoms with Gasteiger partial charge < -0.3 is 4.74 Å². The Morgan fingerprint density at radius 1 is 1.30 bits per heavy atom. The van der Waals surface area contributed by atoms with E-state index in [4.69, 9.17) is 4.74 Å². The van der Waals surface area contributed by atoms with Crippen molar-refractivity contribution in [3.8, 4) is 0 Å². The number of benzene rings is 1. The van der Waals surface area contributed by atoms with Crippen molar-refractivity contribution in [2.75, 3.05) is 18.1 Å². The zero-order valence-corrected chi connectivity index (χ0v) is 11.9. The Labute approximate surface area is 117 Å². The fraction of sp³-hybridized carbons (Fsp3) is 0.500. The summed E-state index contributed by atoms with van der Waals surface area (Å²) in [5.41, 5.74) is 0.332. The van der Waals surface area contributed by atoms with Crippen LogP contribution in [0.2, 0.25) is 0 Å². The van der Waals surface area contributed by atoms with Crippen LogP contribution in [0.4, 0.5) is 4.39 Å². The van der Waals surface area contributed by atoms with Gasteiger partial charge in [0.05, 0.1) is 17.6 Å². The fourth-order valence-corrected chi connectivity index (χ4v) is 3.66. The molecule has 1 unspecified atom stereocenters. The highest BCUT2D eigenvalue weighted by atomic mass is 32.2. The predicted molar refractivity (Wildman–Crippen MR) is 73.0 cm³/mol. The van der Waals surface area contributed by atoms with Crippen molar-refractivity contribution < 1.29 is 22.3 Å². The van der Waals surface area contributed by atoms with Gasteiger partial charge in [-0.15, -0.1) is 0 Å². The van der Waals surface area contributed by atoms with Gasteiger partial charge in [-0.1, -0.05) is 0 Å². The first-order valence-corrected chi connectivity index (χ1v) is 8.39. The van der Waals surface area contributed by atoms with E-state index in [1.165, 1.54) is 24.3 Å². The van der Waals surface area contributed by atoms with Crippen LogP contribution in [-0.4, -0.2) is 38.4 Å². The summed E-state index contributed by atoms with van der Waals surface area (Å²) in [4.78, 5) is 11.8.